The van der Waals surface area contributed by atoms with Gasteiger partial charge in [0.15, 0.2) is 5.76 Å². The Kier molecular flexibility index (Phi) is 4.56. The molecule has 0 bridgehead atoms. The van der Waals surface area contributed by atoms with E-state index >= 15 is 0 Å². The van der Waals surface area contributed by atoms with Crippen LogP contribution >= 0.6 is 0 Å². The summed E-state index contributed by atoms with van der Waals surface area (Å²) in [7, 11) is -3.78. The standard InChI is InChI=1S/C18H18FN3O4S/c1-12-7-8-16(25-12)17-20-18(26-21-17)13-4-3-9-22(11-13)27(23,24)15-6-2-5-14(19)10-15/h2,5-8,10,13H,3-4,9,11H2,1H3. The van der Waals surface area contributed by atoms with Crippen LogP contribution in [0.15, 0.2) is 50.2 Å². The second-order valence-corrected chi connectivity index (χ2v) is 8.46. The van der Waals surface area contributed by atoms with Crippen molar-refractivity contribution < 1.29 is 21.7 Å². The third-order valence-electron chi connectivity index (χ3n) is 4.57. The number of aryl methyl sites for hydroxylation is 1. The topological polar surface area (TPSA) is 89.4 Å². The average Bonchev–Trinajstić information content (AvgIpc) is 3.31. The number of benzene rings is 1. The Labute approximate surface area is 155 Å². The minimum atomic E-state index is -3.78. The highest BCUT2D eigenvalue weighted by molar-refractivity contribution is 7.89. The second kappa shape index (κ2) is 6.90. The summed E-state index contributed by atoms with van der Waals surface area (Å²) in [6, 6.07) is 8.59. The van der Waals surface area contributed by atoms with Gasteiger partial charge in [0.2, 0.25) is 21.7 Å². The zero-order valence-electron chi connectivity index (χ0n) is 14.6. The van der Waals surface area contributed by atoms with E-state index in [2.05, 4.69) is 10.1 Å². The van der Waals surface area contributed by atoms with Crippen molar-refractivity contribution in [2.24, 2.45) is 0 Å². The van der Waals surface area contributed by atoms with E-state index in [4.69, 9.17) is 8.94 Å². The summed E-state index contributed by atoms with van der Waals surface area (Å²) >= 11 is 0. The molecule has 1 atom stereocenters. The Balaban J connectivity index is 1.56. The molecule has 1 unspecified atom stereocenters. The number of rotatable bonds is 4. The quantitative estimate of drug-likeness (QED) is 0.678. The monoisotopic (exact) mass is 391 g/mol. The van der Waals surface area contributed by atoms with Crippen LogP contribution in [0.2, 0.25) is 0 Å². The largest absolute Gasteiger partial charge is 0.458 e. The fraction of sp³-hybridized carbons (Fsp3) is 0.333. The molecule has 3 aromatic rings. The smallest absolute Gasteiger partial charge is 0.243 e. The molecule has 1 aliphatic heterocycles. The van der Waals surface area contributed by atoms with Gasteiger partial charge in [-0.05, 0) is 50.1 Å². The predicted molar refractivity (Wildman–Crippen MR) is 93.9 cm³/mol. The molecule has 9 heteroatoms. The van der Waals surface area contributed by atoms with Crippen LogP contribution in [0.5, 0.6) is 0 Å². The number of sulfonamides is 1. The van der Waals surface area contributed by atoms with Crippen LogP contribution in [0.25, 0.3) is 11.6 Å². The molecule has 7 nitrogen and oxygen atoms in total. The molecule has 27 heavy (non-hydrogen) atoms. The van der Waals surface area contributed by atoms with E-state index in [9.17, 15) is 12.8 Å². The lowest BCUT2D eigenvalue weighted by atomic mass is 10.00. The van der Waals surface area contributed by atoms with E-state index in [0.717, 1.165) is 18.2 Å². The number of aromatic nitrogens is 2. The number of hydrogen-bond acceptors (Lipinski definition) is 6. The highest BCUT2D eigenvalue weighted by Gasteiger charge is 2.33. The molecular formula is C18H18FN3O4S. The Morgan fingerprint density at radius 2 is 2.11 bits per heavy atom. The van der Waals surface area contributed by atoms with Gasteiger partial charge in [-0.3, -0.25) is 0 Å². The van der Waals surface area contributed by atoms with Crippen molar-refractivity contribution in [2.45, 2.75) is 30.6 Å². The van der Waals surface area contributed by atoms with Gasteiger partial charge in [-0.1, -0.05) is 11.2 Å². The molecule has 0 radical (unpaired) electrons. The SMILES string of the molecule is Cc1ccc(-c2noc(C3CCCN(S(=O)(=O)c4cccc(F)c4)C3)n2)o1. The zero-order chi connectivity index (χ0) is 19.0. The molecule has 0 spiro atoms. The van der Waals surface area contributed by atoms with Gasteiger partial charge in [0, 0.05) is 13.1 Å². The minimum Gasteiger partial charge on any atom is -0.458 e. The van der Waals surface area contributed by atoms with Crippen LogP contribution in [-0.2, 0) is 10.0 Å². The first-order valence-corrected chi connectivity index (χ1v) is 10.0. The fourth-order valence-electron chi connectivity index (χ4n) is 3.19. The maximum absolute atomic E-state index is 13.4. The third kappa shape index (κ3) is 3.52. The molecule has 0 saturated carbocycles. The van der Waals surface area contributed by atoms with Crippen LogP contribution in [-0.4, -0.2) is 36.0 Å². The summed E-state index contributed by atoms with van der Waals surface area (Å²) in [4.78, 5) is 4.31. The van der Waals surface area contributed by atoms with E-state index < -0.39 is 15.8 Å². The van der Waals surface area contributed by atoms with Crippen LogP contribution in [0, 0.1) is 12.7 Å². The summed E-state index contributed by atoms with van der Waals surface area (Å²) < 4.78 is 51.3. The van der Waals surface area contributed by atoms with E-state index in [1.807, 2.05) is 6.92 Å². The second-order valence-electron chi connectivity index (χ2n) is 6.53. The molecule has 0 N–H and O–H groups in total. The zero-order valence-corrected chi connectivity index (χ0v) is 15.4. The molecule has 3 heterocycles. The molecule has 0 amide bonds. The first-order valence-electron chi connectivity index (χ1n) is 8.59. The summed E-state index contributed by atoms with van der Waals surface area (Å²) in [5.74, 6) is 1.14. The van der Waals surface area contributed by atoms with Gasteiger partial charge in [-0.2, -0.15) is 9.29 Å². The molecule has 142 valence electrons. The lowest BCUT2D eigenvalue weighted by Crippen LogP contribution is -2.39. The normalized spacial score (nSPS) is 18.7. The first-order chi connectivity index (χ1) is 12.9. The van der Waals surface area contributed by atoms with Crippen molar-refractivity contribution in [3.8, 4) is 11.6 Å². The Morgan fingerprint density at radius 3 is 2.85 bits per heavy atom. The van der Waals surface area contributed by atoms with E-state index in [-0.39, 0.29) is 17.4 Å². The molecular weight excluding hydrogens is 373 g/mol. The third-order valence-corrected chi connectivity index (χ3v) is 6.43. The van der Waals surface area contributed by atoms with E-state index in [0.29, 0.717) is 30.4 Å². The first kappa shape index (κ1) is 17.9. The van der Waals surface area contributed by atoms with Crippen LogP contribution in [0.1, 0.15) is 30.4 Å². The number of furan rings is 1. The number of piperidine rings is 1. The molecule has 1 aromatic carbocycles. The maximum atomic E-state index is 13.4. The molecule has 0 aliphatic carbocycles. The van der Waals surface area contributed by atoms with E-state index in [1.165, 1.54) is 22.5 Å². The highest BCUT2D eigenvalue weighted by atomic mass is 32.2. The number of halogens is 1. The maximum Gasteiger partial charge on any atom is 0.243 e. The minimum absolute atomic E-state index is 0.0552. The number of nitrogens with zero attached hydrogens (tertiary/aromatic N) is 3. The molecule has 1 saturated heterocycles. The van der Waals surface area contributed by atoms with Crippen molar-refractivity contribution in [2.75, 3.05) is 13.1 Å². The Morgan fingerprint density at radius 1 is 1.26 bits per heavy atom. The summed E-state index contributed by atoms with van der Waals surface area (Å²) in [5, 5.41) is 3.93. The van der Waals surface area contributed by atoms with Crippen molar-refractivity contribution in [1.29, 1.82) is 0 Å². The summed E-state index contributed by atoms with van der Waals surface area (Å²) in [6.07, 6.45) is 1.38. The van der Waals surface area contributed by atoms with Crippen molar-refractivity contribution in [3.05, 3.63) is 53.9 Å². The fourth-order valence-corrected chi connectivity index (χ4v) is 4.75. The van der Waals surface area contributed by atoms with Gasteiger partial charge >= 0.3 is 0 Å². The lowest BCUT2D eigenvalue weighted by molar-refractivity contribution is 0.265. The van der Waals surface area contributed by atoms with Crippen molar-refractivity contribution >= 4 is 10.0 Å². The Hall–Kier alpha value is -2.52. The summed E-state index contributed by atoms with van der Waals surface area (Å²) in [5.41, 5.74) is 0. The van der Waals surface area contributed by atoms with Gasteiger partial charge in [-0.25, -0.2) is 12.8 Å². The van der Waals surface area contributed by atoms with Crippen LogP contribution in [0.3, 0.4) is 0 Å². The molecule has 1 fully saturated rings. The average molecular weight is 391 g/mol. The van der Waals surface area contributed by atoms with Gasteiger partial charge < -0.3 is 8.94 Å². The van der Waals surface area contributed by atoms with Crippen LogP contribution in [0.4, 0.5) is 4.39 Å². The van der Waals surface area contributed by atoms with Gasteiger partial charge in [0.25, 0.3) is 0 Å². The lowest BCUT2D eigenvalue weighted by Gasteiger charge is -2.30. The molecule has 4 rings (SSSR count). The summed E-state index contributed by atoms with van der Waals surface area (Å²) in [6.45, 7) is 2.40. The molecule has 2 aromatic heterocycles. The van der Waals surface area contributed by atoms with E-state index in [1.54, 1.807) is 12.1 Å². The Bertz CT molecular complexity index is 1060. The predicted octanol–water partition coefficient (Wildman–Crippen LogP) is 3.35. The highest BCUT2D eigenvalue weighted by Crippen LogP contribution is 2.31. The van der Waals surface area contributed by atoms with Gasteiger partial charge in [0.1, 0.15) is 11.6 Å². The number of hydrogen-bond donors (Lipinski definition) is 0. The van der Waals surface area contributed by atoms with Crippen molar-refractivity contribution in [1.82, 2.24) is 14.4 Å². The van der Waals surface area contributed by atoms with Crippen LogP contribution < -0.4 is 0 Å². The van der Waals surface area contributed by atoms with Crippen molar-refractivity contribution in [3.63, 3.8) is 0 Å². The van der Waals surface area contributed by atoms with Gasteiger partial charge in [-0.15, -0.1) is 0 Å². The van der Waals surface area contributed by atoms with Gasteiger partial charge in [0.05, 0.1) is 10.8 Å². The molecule has 1 aliphatic rings.